The molecule has 2 heterocycles. The molecule has 3 aromatic rings. The molecule has 0 aliphatic carbocycles. The maximum Gasteiger partial charge on any atom is 0.323 e. The van der Waals surface area contributed by atoms with Crippen LogP contribution in [-0.2, 0) is 17.8 Å². The fourth-order valence-electron chi connectivity index (χ4n) is 4.72. The minimum absolute atomic E-state index is 0.0249. The first-order valence-electron chi connectivity index (χ1n) is 13.3. The van der Waals surface area contributed by atoms with Crippen molar-refractivity contribution in [2.75, 3.05) is 37.4 Å². The second-order valence-corrected chi connectivity index (χ2v) is 10.3. The lowest BCUT2D eigenvalue weighted by molar-refractivity contribution is -0.134. The second kappa shape index (κ2) is 13.4. The van der Waals surface area contributed by atoms with Crippen LogP contribution in [0.25, 0.3) is 0 Å². The molecular formula is C30H36FN5O4. The Morgan fingerprint density at radius 3 is 2.52 bits per heavy atom. The Kier molecular flexibility index (Phi) is 9.68. The van der Waals surface area contributed by atoms with Gasteiger partial charge in [-0.25, -0.2) is 9.18 Å². The number of fused-ring (bicyclic) bond motifs is 1. The van der Waals surface area contributed by atoms with Crippen molar-refractivity contribution < 1.29 is 23.8 Å². The SMILES string of the molecule is C[C@H](CO)N1C[C@H](C)[C@@H](CN(C)Cc2ccncc2)Oc2ccc(NC(=O)Nc3ccc(F)cc3)cc2CC1=O. The van der Waals surface area contributed by atoms with E-state index in [1.165, 1.54) is 24.3 Å². The van der Waals surface area contributed by atoms with Crippen molar-refractivity contribution in [3.63, 3.8) is 0 Å². The van der Waals surface area contributed by atoms with Gasteiger partial charge in [-0.3, -0.25) is 14.7 Å². The summed E-state index contributed by atoms with van der Waals surface area (Å²) in [6, 6.07) is 13.8. The van der Waals surface area contributed by atoms with Gasteiger partial charge in [-0.15, -0.1) is 0 Å². The number of aliphatic hydroxyl groups is 1. The molecule has 1 aliphatic heterocycles. The molecule has 9 nitrogen and oxygen atoms in total. The van der Waals surface area contributed by atoms with Gasteiger partial charge in [0.1, 0.15) is 17.7 Å². The zero-order valence-electron chi connectivity index (χ0n) is 23.0. The monoisotopic (exact) mass is 549 g/mol. The van der Waals surface area contributed by atoms with E-state index in [2.05, 4.69) is 27.4 Å². The first kappa shape index (κ1) is 29.0. The van der Waals surface area contributed by atoms with Gasteiger partial charge in [0.05, 0.1) is 19.1 Å². The van der Waals surface area contributed by atoms with Crippen molar-refractivity contribution >= 4 is 23.3 Å². The summed E-state index contributed by atoms with van der Waals surface area (Å²) in [6.45, 7) is 5.49. The Hall–Kier alpha value is -4.02. The fraction of sp³-hybridized carbons (Fsp3) is 0.367. The molecule has 10 heteroatoms. The Morgan fingerprint density at radius 2 is 1.82 bits per heavy atom. The van der Waals surface area contributed by atoms with Gasteiger partial charge in [0.15, 0.2) is 0 Å². The number of hydrogen-bond donors (Lipinski definition) is 3. The standard InChI is InChI=1S/C30H36FN5O4/c1-20-16-36(21(2)19-37)29(38)15-23-14-26(34-30(39)33-25-6-4-24(31)5-7-25)8-9-27(23)40-28(20)18-35(3)17-22-10-12-32-13-11-22/h4-14,20-21,28,37H,15-19H2,1-3H3,(H2,33,34,39)/t20-,21+,28+/m0/s1. The number of benzene rings is 2. The van der Waals surface area contributed by atoms with Gasteiger partial charge in [-0.2, -0.15) is 0 Å². The largest absolute Gasteiger partial charge is 0.488 e. The Bertz CT molecular complexity index is 1290. The van der Waals surface area contributed by atoms with Gasteiger partial charge < -0.3 is 25.4 Å². The molecule has 4 rings (SSSR count). The van der Waals surface area contributed by atoms with Gasteiger partial charge in [-0.05, 0) is 74.1 Å². The van der Waals surface area contributed by atoms with Crippen molar-refractivity contribution in [1.82, 2.24) is 14.8 Å². The zero-order chi connectivity index (χ0) is 28.6. The third-order valence-corrected chi connectivity index (χ3v) is 6.97. The second-order valence-electron chi connectivity index (χ2n) is 10.3. The maximum atomic E-state index is 13.4. The van der Waals surface area contributed by atoms with E-state index in [9.17, 15) is 19.1 Å². The number of aromatic nitrogens is 1. The first-order chi connectivity index (χ1) is 19.2. The van der Waals surface area contributed by atoms with Crippen LogP contribution in [0.15, 0.2) is 67.0 Å². The highest BCUT2D eigenvalue weighted by Crippen LogP contribution is 2.29. The zero-order valence-corrected chi connectivity index (χ0v) is 23.0. The molecule has 212 valence electrons. The predicted octanol–water partition coefficient (Wildman–Crippen LogP) is 4.15. The number of anilines is 2. The molecule has 0 radical (unpaired) electrons. The van der Waals surface area contributed by atoms with Crippen LogP contribution in [0.4, 0.5) is 20.6 Å². The van der Waals surface area contributed by atoms with E-state index in [0.29, 0.717) is 42.3 Å². The van der Waals surface area contributed by atoms with Crippen molar-refractivity contribution in [1.29, 1.82) is 0 Å². The molecule has 0 unspecified atom stereocenters. The summed E-state index contributed by atoms with van der Waals surface area (Å²) in [5.41, 5.74) is 2.70. The number of carbonyl (C=O) groups is 2. The van der Waals surface area contributed by atoms with Crippen molar-refractivity contribution in [3.8, 4) is 5.75 Å². The fourth-order valence-corrected chi connectivity index (χ4v) is 4.72. The Morgan fingerprint density at radius 1 is 1.15 bits per heavy atom. The number of halogens is 1. The normalized spacial score (nSPS) is 18.1. The lowest BCUT2D eigenvalue weighted by Gasteiger charge is -2.34. The molecular weight excluding hydrogens is 513 g/mol. The molecule has 3 amide bonds. The third kappa shape index (κ3) is 7.77. The average Bonchev–Trinajstić information content (AvgIpc) is 2.97. The Balaban J connectivity index is 1.55. The number of likely N-dealkylation sites (N-methyl/N-ethyl adjacent to an activating group) is 1. The molecule has 0 bridgehead atoms. The number of ether oxygens (including phenoxy) is 1. The summed E-state index contributed by atoms with van der Waals surface area (Å²) in [5, 5.41) is 15.3. The molecule has 3 N–H and O–H groups in total. The van der Waals surface area contributed by atoms with Crippen molar-refractivity contribution in [3.05, 3.63) is 83.9 Å². The summed E-state index contributed by atoms with van der Waals surface area (Å²) < 4.78 is 19.7. The Labute approximate surface area is 234 Å². The molecule has 0 fully saturated rings. The van der Waals surface area contributed by atoms with Crippen LogP contribution in [0.2, 0.25) is 0 Å². The van der Waals surface area contributed by atoms with Gasteiger partial charge in [0.2, 0.25) is 5.91 Å². The lowest BCUT2D eigenvalue weighted by Crippen LogP contribution is -2.47. The van der Waals surface area contributed by atoms with Crippen molar-refractivity contribution in [2.24, 2.45) is 5.92 Å². The van der Waals surface area contributed by atoms with E-state index < -0.39 is 11.8 Å². The topological polar surface area (TPSA) is 107 Å². The summed E-state index contributed by atoms with van der Waals surface area (Å²) in [6.07, 6.45) is 3.35. The lowest BCUT2D eigenvalue weighted by atomic mass is 10.0. The highest BCUT2D eigenvalue weighted by Gasteiger charge is 2.31. The molecule has 0 saturated carbocycles. The highest BCUT2D eigenvalue weighted by atomic mass is 19.1. The van der Waals surface area contributed by atoms with Crippen LogP contribution >= 0.6 is 0 Å². The molecule has 1 aliphatic rings. The number of urea groups is 1. The first-order valence-corrected chi connectivity index (χ1v) is 13.3. The van der Waals surface area contributed by atoms with Gasteiger partial charge in [0.25, 0.3) is 0 Å². The number of rotatable bonds is 8. The van der Waals surface area contributed by atoms with Gasteiger partial charge in [0, 0.05) is 54.9 Å². The van der Waals surface area contributed by atoms with E-state index in [-0.39, 0.29) is 37.0 Å². The van der Waals surface area contributed by atoms with Crippen LogP contribution in [0, 0.1) is 11.7 Å². The number of hydrogen-bond acceptors (Lipinski definition) is 6. The number of amides is 3. The van der Waals surface area contributed by atoms with E-state index in [1.54, 1.807) is 35.5 Å². The predicted molar refractivity (Wildman–Crippen MR) is 152 cm³/mol. The third-order valence-electron chi connectivity index (χ3n) is 6.97. The smallest absolute Gasteiger partial charge is 0.323 e. The summed E-state index contributed by atoms with van der Waals surface area (Å²) in [5.74, 6) is 0.0273. The van der Waals surface area contributed by atoms with Gasteiger partial charge in [-0.1, -0.05) is 6.92 Å². The number of aliphatic hydroxyl groups excluding tert-OH is 1. The molecule has 1 aromatic heterocycles. The van der Waals surface area contributed by atoms with E-state index in [1.807, 2.05) is 26.1 Å². The highest BCUT2D eigenvalue weighted by molar-refractivity contribution is 5.99. The van der Waals surface area contributed by atoms with Crippen LogP contribution < -0.4 is 15.4 Å². The molecule has 3 atom stereocenters. The summed E-state index contributed by atoms with van der Waals surface area (Å²) >= 11 is 0. The van der Waals surface area contributed by atoms with E-state index in [4.69, 9.17) is 4.74 Å². The van der Waals surface area contributed by atoms with Crippen molar-refractivity contribution in [2.45, 2.75) is 39.0 Å². The summed E-state index contributed by atoms with van der Waals surface area (Å²) in [4.78, 5) is 33.9. The number of nitrogens with zero attached hydrogens (tertiary/aromatic N) is 3. The minimum atomic E-state index is -0.498. The van der Waals surface area contributed by atoms with Crippen LogP contribution in [0.3, 0.4) is 0 Å². The number of nitrogens with one attached hydrogen (secondary N) is 2. The molecule has 40 heavy (non-hydrogen) atoms. The number of carbonyl (C=O) groups excluding carboxylic acids is 2. The maximum absolute atomic E-state index is 13.4. The summed E-state index contributed by atoms with van der Waals surface area (Å²) in [7, 11) is 2.02. The molecule has 0 spiro atoms. The van der Waals surface area contributed by atoms with Crippen LogP contribution in [0.1, 0.15) is 25.0 Å². The minimum Gasteiger partial charge on any atom is -0.488 e. The number of pyridine rings is 1. The van der Waals surface area contributed by atoms with Crippen LogP contribution in [0.5, 0.6) is 5.75 Å². The van der Waals surface area contributed by atoms with E-state index >= 15 is 0 Å². The van der Waals surface area contributed by atoms with Crippen LogP contribution in [-0.4, -0.2) is 70.7 Å². The molecule has 0 saturated heterocycles. The molecule has 2 aromatic carbocycles. The van der Waals surface area contributed by atoms with Gasteiger partial charge >= 0.3 is 6.03 Å². The van der Waals surface area contributed by atoms with E-state index in [0.717, 1.165) is 5.56 Å². The quantitative estimate of drug-likeness (QED) is 0.390. The average molecular weight is 550 g/mol.